The van der Waals surface area contributed by atoms with Gasteiger partial charge < -0.3 is 4.74 Å². The van der Waals surface area contributed by atoms with Gasteiger partial charge in [-0.15, -0.1) is 0 Å². The lowest BCUT2D eigenvalue weighted by Gasteiger charge is -2.39. The number of nitrogens with zero attached hydrogens (tertiary/aromatic N) is 2. The molecule has 3 rings (SSSR count). The molecular weight excluding hydrogens is 393 g/mol. The zero-order valence-electron chi connectivity index (χ0n) is 15.5. The van der Waals surface area contributed by atoms with Gasteiger partial charge in [-0.3, -0.25) is 4.90 Å². The minimum absolute atomic E-state index is 0.154. The first kappa shape index (κ1) is 20.6. The number of methoxy groups -OCH3 is 1. The summed E-state index contributed by atoms with van der Waals surface area (Å²) in [6.45, 7) is 0.831. The van der Waals surface area contributed by atoms with E-state index >= 15 is 0 Å². The maximum absolute atomic E-state index is 13.0. The molecule has 1 aliphatic rings. The fourth-order valence-electron chi connectivity index (χ4n) is 3.23. The van der Waals surface area contributed by atoms with Gasteiger partial charge in [0.05, 0.1) is 17.6 Å². The lowest BCUT2D eigenvalue weighted by atomic mass is 10.0. The normalized spacial score (nSPS) is 19.5. The molecule has 152 valence electrons. The third kappa shape index (κ3) is 4.16. The largest absolute Gasteiger partial charge is 0.497 e. The molecular formula is C19H21F3N2O3S. The predicted octanol–water partition coefficient (Wildman–Crippen LogP) is 3.39. The van der Waals surface area contributed by atoms with Gasteiger partial charge in [-0.25, -0.2) is 8.42 Å². The third-order valence-electron chi connectivity index (χ3n) is 4.91. The Morgan fingerprint density at radius 1 is 1.07 bits per heavy atom. The second-order valence-corrected chi connectivity index (χ2v) is 8.60. The molecule has 1 heterocycles. The molecule has 0 saturated carbocycles. The average molecular weight is 414 g/mol. The Morgan fingerprint density at radius 3 is 2.36 bits per heavy atom. The number of likely N-dealkylation sites (N-methyl/N-ethyl adjacent to an activating group) is 1. The summed E-state index contributed by atoms with van der Waals surface area (Å²) >= 11 is 0. The van der Waals surface area contributed by atoms with E-state index in [0.29, 0.717) is 18.4 Å². The molecule has 0 aromatic heterocycles. The van der Waals surface area contributed by atoms with Gasteiger partial charge in [0.2, 0.25) is 10.0 Å². The van der Waals surface area contributed by atoms with Gasteiger partial charge in [0, 0.05) is 25.7 Å². The van der Waals surface area contributed by atoms with Crippen LogP contribution in [0.1, 0.15) is 17.2 Å². The van der Waals surface area contributed by atoms with E-state index in [0.717, 1.165) is 17.7 Å². The van der Waals surface area contributed by atoms with Crippen LogP contribution in [0.3, 0.4) is 0 Å². The monoisotopic (exact) mass is 414 g/mol. The first-order valence-electron chi connectivity index (χ1n) is 8.64. The van der Waals surface area contributed by atoms with Crippen molar-refractivity contribution >= 4 is 10.0 Å². The molecule has 28 heavy (non-hydrogen) atoms. The first-order valence-corrected chi connectivity index (χ1v) is 10.1. The van der Waals surface area contributed by atoms with Crippen LogP contribution in [0.2, 0.25) is 0 Å². The van der Waals surface area contributed by atoms with Crippen molar-refractivity contribution in [1.29, 1.82) is 0 Å². The third-order valence-corrected chi connectivity index (χ3v) is 6.77. The zero-order chi connectivity index (χ0) is 20.5. The molecule has 2 aromatic carbocycles. The molecule has 9 heteroatoms. The van der Waals surface area contributed by atoms with E-state index in [1.807, 2.05) is 24.1 Å². The second-order valence-electron chi connectivity index (χ2n) is 6.66. The maximum atomic E-state index is 13.0. The lowest BCUT2D eigenvalue weighted by Crippen LogP contribution is -2.48. The molecule has 0 N–H and O–H groups in total. The summed E-state index contributed by atoms with van der Waals surface area (Å²) < 4.78 is 71.2. The standard InChI is InChI=1S/C19H21F3N2O3S/c1-23-10-11-24(13-18(23)14-6-8-16(27-2)9-7-14)28(25,26)17-5-3-4-15(12-17)19(20,21)22/h3-9,12,18H,10-11,13H2,1-2H3. The maximum Gasteiger partial charge on any atom is 0.416 e. The van der Waals surface area contributed by atoms with E-state index in [4.69, 9.17) is 4.74 Å². The molecule has 1 unspecified atom stereocenters. The zero-order valence-corrected chi connectivity index (χ0v) is 16.3. The van der Waals surface area contributed by atoms with Crippen molar-refractivity contribution < 1.29 is 26.3 Å². The number of hydrogen-bond acceptors (Lipinski definition) is 4. The van der Waals surface area contributed by atoms with Crippen LogP contribution in [0.4, 0.5) is 13.2 Å². The van der Waals surface area contributed by atoms with Gasteiger partial charge >= 0.3 is 6.18 Å². The Labute approximate surface area is 162 Å². The summed E-state index contributed by atoms with van der Waals surface area (Å²) in [6.07, 6.45) is -4.60. The van der Waals surface area contributed by atoms with E-state index in [2.05, 4.69) is 0 Å². The Kier molecular flexibility index (Phi) is 5.69. The number of rotatable bonds is 4. The fourth-order valence-corrected chi connectivity index (χ4v) is 4.72. The van der Waals surface area contributed by atoms with Gasteiger partial charge in [-0.1, -0.05) is 18.2 Å². The van der Waals surface area contributed by atoms with Crippen LogP contribution in [0.15, 0.2) is 53.4 Å². The summed E-state index contributed by atoms with van der Waals surface area (Å²) in [7, 11) is -0.587. The van der Waals surface area contributed by atoms with E-state index in [1.54, 1.807) is 19.2 Å². The highest BCUT2D eigenvalue weighted by molar-refractivity contribution is 7.89. The van der Waals surface area contributed by atoms with E-state index < -0.39 is 21.8 Å². The van der Waals surface area contributed by atoms with Crippen molar-refractivity contribution in [2.45, 2.75) is 17.1 Å². The average Bonchev–Trinajstić information content (AvgIpc) is 2.68. The van der Waals surface area contributed by atoms with Gasteiger partial charge in [0.1, 0.15) is 5.75 Å². The van der Waals surface area contributed by atoms with Crippen molar-refractivity contribution in [3.63, 3.8) is 0 Å². The number of ether oxygens (including phenoxy) is 1. The quantitative estimate of drug-likeness (QED) is 0.770. The van der Waals surface area contributed by atoms with Crippen LogP contribution in [0.25, 0.3) is 0 Å². The molecule has 1 atom stereocenters. The molecule has 2 aromatic rings. The molecule has 0 spiro atoms. The van der Waals surface area contributed by atoms with Crippen molar-refractivity contribution in [2.75, 3.05) is 33.8 Å². The molecule has 1 saturated heterocycles. The number of halogens is 3. The first-order chi connectivity index (χ1) is 13.1. The molecule has 0 aliphatic carbocycles. The number of sulfonamides is 1. The van der Waals surface area contributed by atoms with Crippen LogP contribution in [0, 0.1) is 0 Å². The SMILES string of the molecule is COc1ccc(C2CN(S(=O)(=O)c3cccc(C(F)(F)F)c3)CCN2C)cc1. The van der Waals surface area contributed by atoms with Crippen molar-refractivity contribution in [2.24, 2.45) is 0 Å². The van der Waals surface area contributed by atoms with Gasteiger partial charge in [-0.2, -0.15) is 17.5 Å². The Hall–Kier alpha value is -2.10. The summed E-state index contributed by atoms with van der Waals surface area (Å²) in [5, 5.41) is 0. The molecule has 1 fully saturated rings. The number of piperazine rings is 1. The number of alkyl halides is 3. The summed E-state index contributed by atoms with van der Waals surface area (Å²) in [5.74, 6) is 0.690. The fraction of sp³-hybridized carbons (Fsp3) is 0.368. The van der Waals surface area contributed by atoms with Crippen molar-refractivity contribution in [3.05, 3.63) is 59.7 Å². The molecule has 0 amide bonds. The Balaban J connectivity index is 1.88. The highest BCUT2D eigenvalue weighted by atomic mass is 32.2. The van der Waals surface area contributed by atoms with Crippen LogP contribution < -0.4 is 4.74 Å². The van der Waals surface area contributed by atoms with Gasteiger partial charge in [0.25, 0.3) is 0 Å². The van der Waals surface area contributed by atoms with Gasteiger partial charge in [-0.05, 0) is 42.9 Å². The van der Waals surface area contributed by atoms with Gasteiger partial charge in [0.15, 0.2) is 0 Å². The molecule has 0 radical (unpaired) electrons. The van der Waals surface area contributed by atoms with Crippen molar-refractivity contribution in [1.82, 2.24) is 9.21 Å². The number of benzene rings is 2. The topological polar surface area (TPSA) is 49.9 Å². The highest BCUT2D eigenvalue weighted by Gasteiger charge is 2.36. The van der Waals surface area contributed by atoms with E-state index in [-0.39, 0.29) is 24.0 Å². The lowest BCUT2D eigenvalue weighted by molar-refractivity contribution is -0.137. The minimum atomic E-state index is -4.60. The summed E-state index contributed by atoms with van der Waals surface area (Å²) in [4.78, 5) is 1.68. The van der Waals surface area contributed by atoms with Crippen LogP contribution in [-0.2, 0) is 16.2 Å². The molecule has 0 bridgehead atoms. The van der Waals surface area contributed by atoms with Crippen molar-refractivity contribution in [3.8, 4) is 5.75 Å². The van der Waals surface area contributed by atoms with Crippen LogP contribution in [0.5, 0.6) is 5.75 Å². The van der Waals surface area contributed by atoms with Crippen LogP contribution >= 0.6 is 0 Å². The summed E-state index contributed by atoms with van der Waals surface area (Å²) in [6, 6.07) is 11.0. The minimum Gasteiger partial charge on any atom is -0.497 e. The molecule has 1 aliphatic heterocycles. The number of hydrogen-bond donors (Lipinski definition) is 0. The molecule has 5 nitrogen and oxygen atoms in total. The van der Waals surface area contributed by atoms with E-state index in [9.17, 15) is 21.6 Å². The smallest absolute Gasteiger partial charge is 0.416 e. The predicted molar refractivity (Wildman–Crippen MR) is 98.6 cm³/mol. The van der Waals surface area contributed by atoms with Crippen LogP contribution in [-0.4, -0.2) is 51.4 Å². The second kappa shape index (κ2) is 7.73. The Morgan fingerprint density at radius 2 is 1.75 bits per heavy atom. The summed E-state index contributed by atoms with van der Waals surface area (Å²) in [5.41, 5.74) is -0.0679. The highest BCUT2D eigenvalue weighted by Crippen LogP contribution is 2.33. The van der Waals surface area contributed by atoms with E-state index in [1.165, 1.54) is 10.4 Å². The Bertz CT molecular complexity index is 930.